The number of phenolic OH excluding ortho intramolecular Hbond substituents is 1. The molecule has 0 atom stereocenters. The van der Waals surface area contributed by atoms with Crippen LogP contribution in [0.2, 0.25) is 0 Å². The van der Waals surface area contributed by atoms with Gasteiger partial charge in [0.25, 0.3) is 0 Å². The molecule has 1 aromatic rings. The number of hydrogen-bond acceptors (Lipinski definition) is 3. The minimum absolute atomic E-state index is 0.0481. The molecular formula is C9H12O3Si. The molecule has 4 heteroatoms. The first-order valence-corrected chi connectivity index (χ1v) is 4.75. The maximum Gasteiger partial charge on any atom is 0.204 e. The molecule has 70 valence electrons. The molecule has 0 aliphatic heterocycles. The first kappa shape index (κ1) is 9.79. The van der Waals surface area contributed by atoms with Crippen molar-refractivity contribution in [2.24, 2.45) is 0 Å². The van der Waals surface area contributed by atoms with Gasteiger partial charge in [-0.05, 0) is 31.0 Å². The number of aryl methyl sites for hydroxylation is 1. The van der Waals surface area contributed by atoms with Gasteiger partial charge in [-0.3, -0.25) is 4.79 Å². The number of aromatic hydroxyl groups is 1. The van der Waals surface area contributed by atoms with Crippen LogP contribution in [-0.4, -0.2) is 21.9 Å². The quantitative estimate of drug-likeness (QED) is 0.553. The summed E-state index contributed by atoms with van der Waals surface area (Å²) in [4.78, 5) is 10.6. The van der Waals surface area contributed by atoms with Gasteiger partial charge in [0.15, 0.2) is 12.0 Å². The molecule has 0 amide bonds. The highest BCUT2D eigenvalue weighted by molar-refractivity contribution is 6.00. The first-order chi connectivity index (χ1) is 6.11. The van der Waals surface area contributed by atoms with Gasteiger partial charge in [-0.25, -0.2) is 0 Å². The lowest BCUT2D eigenvalue weighted by molar-refractivity contribution is 0.112. The Morgan fingerprint density at radius 2 is 2.15 bits per heavy atom. The van der Waals surface area contributed by atoms with E-state index < -0.39 is 0 Å². The Bertz CT molecular complexity index is 347. The Balaban J connectivity index is 3.47. The zero-order valence-corrected chi connectivity index (χ0v) is 9.92. The van der Waals surface area contributed by atoms with Gasteiger partial charge in [0.2, 0.25) is 10.5 Å². The molecule has 0 saturated heterocycles. The molecule has 0 heterocycles. The molecule has 0 radical (unpaired) electrons. The van der Waals surface area contributed by atoms with Crippen LogP contribution in [0.25, 0.3) is 0 Å². The second-order valence-corrected chi connectivity index (χ2v) is 3.32. The molecule has 1 N–H and O–H groups in total. The second kappa shape index (κ2) is 3.61. The molecule has 13 heavy (non-hydrogen) atoms. The van der Waals surface area contributed by atoms with Crippen molar-refractivity contribution in [3.05, 3.63) is 22.8 Å². The number of phenols is 1. The van der Waals surface area contributed by atoms with Crippen LogP contribution in [0, 0.1) is 13.8 Å². The fraction of sp³-hybridized carbons (Fsp3) is 0.222. The molecular weight excluding hydrogens is 184 g/mol. The number of aldehydes is 1. The normalized spacial score (nSPS) is 10.0. The van der Waals surface area contributed by atoms with E-state index in [1.165, 1.54) is 0 Å². The molecule has 0 aliphatic carbocycles. The van der Waals surface area contributed by atoms with Crippen molar-refractivity contribution in [2.45, 2.75) is 13.8 Å². The van der Waals surface area contributed by atoms with Crippen molar-refractivity contribution in [2.75, 3.05) is 0 Å². The van der Waals surface area contributed by atoms with Gasteiger partial charge in [0.05, 0.1) is 5.56 Å². The topological polar surface area (TPSA) is 46.5 Å². The van der Waals surface area contributed by atoms with Gasteiger partial charge in [-0.1, -0.05) is 0 Å². The molecule has 0 unspecified atom stereocenters. The summed E-state index contributed by atoms with van der Waals surface area (Å²) in [6.07, 6.45) is 0.631. The van der Waals surface area contributed by atoms with Gasteiger partial charge in [-0.2, -0.15) is 0 Å². The van der Waals surface area contributed by atoms with E-state index in [0.29, 0.717) is 22.5 Å². The summed E-state index contributed by atoms with van der Waals surface area (Å²) in [6, 6.07) is 1.65. The summed E-state index contributed by atoms with van der Waals surface area (Å²) < 4.78 is 5.13. The largest absolute Gasteiger partial charge is 0.550 e. The van der Waals surface area contributed by atoms with Crippen molar-refractivity contribution >= 4 is 16.8 Å². The summed E-state index contributed by atoms with van der Waals surface area (Å²) in [5, 5.41) is 9.56. The van der Waals surface area contributed by atoms with Gasteiger partial charge < -0.3 is 9.53 Å². The summed E-state index contributed by atoms with van der Waals surface area (Å²) in [7, 11) is 0.496. The lowest BCUT2D eigenvalue weighted by Crippen LogP contribution is -1.95. The van der Waals surface area contributed by atoms with Crippen LogP contribution in [-0.2, 0) is 0 Å². The van der Waals surface area contributed by atoms with Crippen LogP contribution in [0.5, 0.6) is 11.5 Å². The van der Waals surface area contributed by atoms with E-state index in [2.05, 4.69) is 0 Å². The number of rotatable bonds is 2. The maximum absolute atomic E-state index is 10.6. The Hall–Kier alpha value is -1.29. The third-order valence-corrected chi connectivity index (χ3v) is 2.53. The monoisotopic (exact) mass is 196 g/mol. The van der Waals surface area contributed by atoms with E-state index >= 15 is 0 Å². The van der Waals surface area contributed by atoms with Gasteiger partial charge in [-0.15, -0.1) is 0 Å². The highest BCUT2D eigenvalue weighted by atomic mass is 28.2. The van der Waals surface area contributed by atoms with Crippen LogP contribution in [0.3, 0.4) is 0 Å². The summed E-state index contributed by atoms with van der Waals surface area (Å²) >= 11 is 0. The zero-order valence-electron chi connectivity index (χ0n) is 7.92. The van der Waals surface area contributed by atoms with Crippen LogP contribution >= 0.6 is 0 Å². The molecule has 1 aromatic carbocycles. The molecule has 0 bridgehead atoms. The predicted octanol–water partition coefficient (Wildman–Crippen LogP) is 0.481. The molecule has 0 spiro atoms. The number of carbonyl (C=O) groups excluding carboxylic acids is 1. The molecule has 0 aliphatic rings. The first-order valence-electron chi connectivity index (χ1n) is 3.94. The Morgan fingerprint density at radius 3 is 2.62 bits per heavy atom. The predicted molar refractivity (Wildman–Crippen MR) is 53.5 cm³/mol. The average molecular weight is 196 g/mol. The fourth-order valence-corrected chi connectivity index (χ4v) is 1.74. The van der Waals surface area contributed by atoms with Crippen molar-refractivity contribution in [3.8, 4) is 11.5 Å². The van der Waals surface area contributed by atoms with Gasteiger partial charge >= 0.3 is 0 Å². The van der Waals surface area contributed by atoms with E-state index in [0.717, 1.165) is 11.1 Å². The average Bonchev–Trinajstić information content (AvgIpc) is 2.12. The standard InChI is InChI=1S/C9H12O3Si/c1-5-3-7(4-10)8(11)9(12-13)6(5)2/h3-4,11H,1-2,13H3. The summed E-state index contributed by atoms with van der Waals surface area (Å²) in [5.41, 5.74) is 2.12. The van der Waals surface area contributed by atoms with E-state index in [1.807, 2.05) is 13.8 Å². The van der Waals surface area contributed by atoms with E-state index in [9.17, 15) is 9.90 Å². The lowest BCUT2D eigenvalue weighted by atomic mass is 10.0. The Labute approximate surface area is 79.9 Å². The van der Waals surface area contributed by atoms with Crippen molar-refractivity contribution < 1.29 is 14.3 Å². The van der Waals surface area contributed by atoms with Crippen LogP contribution < -0.4 is 4.43 Å². The van der Waals surface area contributed by atoms with Crippen LogP contribution in [0.15, 0.2) is 6.07 Å². The zero-order chi connectivity index (χ0) is 10.0. The molecule has 0 saturated carbocycles. The van der Waals surface area contributed by atoms with Crippen LogP contribution in [0.4, 0.5) is 0 Å². The smallest absolute Gasteiger partial charge is 0.204 e. The lowest BCUT2D eigenvalue weighted by Gasteiger charge is -2.11. The van der Waals surface area contributed by atoms with E-state index in [-0.39, 0.29) is 11.3 Å². The van der Waals surface area contributed by atoms with Crippen molar-refractivity contribution in [1.29, 1.82) is 0 Å². The minimum Gasteiger partial charge on any atom is -0.550 e. The third-order valence-electron chi connectivity index (χ3n) is 2.12. The van der Waals surface area contributed by atoms with Crippen LogP contribution in [0.1, 0.15) is 21.5 Å². The number of carbonyl (C=O) groups is 1. The number of benzene rings is 1. The van der Waals surface area contributed by atoms with Gasteiger partial charge in [0.1, 0.15) is 5.75 Å². The molecule has 0 fully saturated rings. The number of hydrogen-bond donors (Lipinski definition) is 1. The van der Waals surface area contributed by atoms with E-state index in [1.54, 1.807) is 6.07 Å². The third kappa shape index (κ3) is 1.57. The van der Waals surface area contributed by atoms with Crippen molar-refractivity contribution in [1.82, 2.24) is 0 Å². The molecule has 0 aromatic heterocycles. The summed E-state index contributed by atoms with van der Waals surface area (Å²) in [6.45, 7) is 3.74. The second-order valence-electron chi connectivity index (χ2n) is 2.91. The molecule has 1 rings (SSSR count). The maximum atomic E-state index is 10.6. The summed E-state index contributed by atoms with van der Waals surface area (Å²) in [5.74, 6) is 0.391. The Kier molecular flexibility index (Phi) is 2.72. The fourth-order valence-electron chi connectivity index (χ4n) is 1.24. The highest BCUT2D eigenvalue weighted by Crippen LogP contribution is 2.34. The SMILES string of the molecule is Cc1cc(C=O)c(O)c(O[SiH3])c1C. The van der Waals surface area contributed by atoms with Crippen molar-refractivity contribution in [3.63, 3.8) is 0 Å². The van der Waals surface area contributed by atoms with E-state index in [4.69, 9.17) is 4.43 Å². The van der Waals surface area contributed by atoms with Gasteiger partial charge in [0, 0.05) is 0 Å². The highest BCUT2D eigenvalue weighted by Gasteiger charge is 2.11. The minimum atomic E-state index is -0.0481. The molecule has 3 nitrogen and oxygen atoms in total. The Morgan fingerprint density at radius 1 is 1.54 bits per heavy atom.